The number of esters is 1. The molecule has 0 aliphatic heterocycles. The number of para-hydroxylation sites is 1. The minimum Gasteiger partial charge on any atom is -0.488 e. The first-order valence-corrected chi connectivity index (χ1v) is 9.36. The average molecular weight is 410 g/mol. The standard InChI is InChI=1S/C20H21Cl2NO4/c1-2-3-10-23-19(24)13-27-20(25)16-6-4-5-7-18(16)26-12-14-8-9-15(21)11-17(14)22/h4-9,11H,2-3,10,12-13H2,1H3,(H,23,24). The van der Waals surface area contributed by atoms with E-state index in [0.717, 1.165) is 18.4 Å². The Morgan fingerprint density at radius 1 is 1.11 bits per heavy atom. The summed E-state index contributed by atoms with van der Waals surface area (Å²) in [5, 5.41) is 3.70. The van der Waals surface area contributed by atoms with Crippen LogP contribution in [0.5, 0.6) is 5.75 Å². The number of unbranched alkanes of at least 4 members (excludes halogenated alkanes) is 1. The second-order valence-electron chi connectivity index (χ2n) is 5.80. The van der Waals surface area contributed by atoms with Gasteiger partial charge in [0.1, 0.15) is 17.9 Å². The Kier molecular flexibility index (Phi) is 8.43. The molecule has 0 saturated heterocycles. The molecule has 0 atom stereocenters. The number of hydrogen-bond acceptors (Lipinski definition) is 4. The van der Waals surface area contributed by atoms with Gasteiger partial charge in [-0.3, -0.25) is 4.79 Å². The van der Waals surface area contributed by atoms with Gasteiger partial charge in [-0.25, -0.2) is 4.79 Å². The van der Waals surface area contributed by atoms with Crippen molar-refractivity contribution in [3.05, 3.63) is 63.6 Å². The van der Waals surface area contributed by atoms with Crippen molar-refractivity contribution in [2.24, 2.45) is 0 Å². The molecule has 0 aromatic heterocycles. The number of hydrogen-bond donors (Lipinski definition) is 1. The molecule has 0 aliphatic carbocycles. The highest BCUT2D eigenvalue weighted by Crippen LogP contribution is 2.24. The first kappa shape index (κ1) is 21.1. The summed E-state index contributed by atoms with van der Waals surface area (Å²) in [5.74, 6) is -0.610. The molecule has 2 aromatic rings. The van der Waals surface area contributed by atoms with Crippen LogP contribution in [-0.2, 0) is 16.1 Å². The van der Waals surface area contributed by atoms with Crippen molar-refractivity contribution in [2.45, 2.75) is 26.4 Å². The number of carbonyl (C=O) groups is 2. The number of amides is 1. The number of benzene rings is 2. The van der Waals surface area contributed by atoms with Gasteiger partial charge in [-0.15, -0.1) is 0 Å². The number of carbonyl (C=O) groups excluding carboxylic acids is 2. The topological polar surface area (TPSA) is 64.6 Å². The Morgan fingerprint density at radius 2 is 1.89 bits per heavy atom. The predicted octanol–water partition coefficient (Wildman–Crippen LogP) is 4.65. The molecule has 0 saturated carbocycles. The van der Waals surface area contributed by atoms with Gasteiger partial charge in [-0.1, -0.05) is 54.7 Å². The molecule has 0 bridgehead atoms. The number of halogens is 2. The fourth-order valence-electron chi connectivity index (χ4n) is 2.22. The molecule has 1 N–H and O–H groups in total. The summed E-state index contributed by atoms with van der Waals surface area (Å²) in [6.07, 6.45) is 1.85. The van der Waals surface area contributed by atoms with Gasteiger partial charge in [-0.05, 0) is 30.7 Å². The van der Waals surface area contributed by atoms with Crippen LogP contribution >= 0.6 is 23.2 Å². The third-order valence-corrected chi connectivity index (χ3v) is 4.28. The van der Waals surface area contributed by atoms with E-state index in [0.29, 0.717) is 22.3 Å². The quantitative estimate of drug-likeness (QED) is 0.483. The van der Waals surface area contributed by atoms with Crippen molar-refractivity contribution < 1.29 is 19.1 Å². The van der Waals surface area contributed by atoms with E-state index in [2.05, 4.69) is 5.32 Å². The van der Waals surface area contributed by atoms with Crippen molar-refractivity contribution in [1.82, 2.24) is 5.32 Å². The molecule has 144 valence electrons. The Balaban J connectivity index is 1.96. The third kappa shape index (κ3) is 6.77. The Bertz CT molecular complexity index is 795. The molecule has 0 spiro atoms. The first-order chi connectivity index (χ1) is 13.0. The van der Waals surface area contributed by atoms with E-state index in [9.17, 15) is 9.59 Å². The van der Waals surface area contributed by atoms with Crippen LogP contribution in [-0.4, -0.2) is 25.0 Å². The number of ether oxygens (including phenoxy) is 2. The fraction of sp³-hybridized carbons (Fsp3) is 0.300. The summed E-state index contributed by atoms with van der Waals surface area (Å²) < 4.78 is 10.8. The fourth-order valence-corrected chi connectivity index (χ4v) is 2.68. The molecule has 0 radical (unpaired) electrons. The minimum atomic E-state index is -0.626. The van der Waals surface area contributed by atoms with Crippen LogP contribution in [0.3, 0.4) is 0 Å². The number of rotatable bonds is 9. The van der Waals surface area contributed by atoms with Crippen molar-refractivity contribution in [1.29, 1.82) is 0 Å². The molecule has 5 nitrogen and oxygen atoms in total. The molecule has 2 aromatic carbocycles. The smallest absolute Gasteiger partial charge is 0.342 e. The predicted molar refractivity (Wildman–Crippen MR) is 105 cm³/mol. The molecule has 0 heterocycles. The van der Waals surface area contributed by atoms with E-state index < -0.39 is 5.97 Å². The largest absolute Gasteiger partial charge is 0.488 e. The summed E-state index contributed by atoms with van der Waals surface area (Å²) in [7, 11) is 0. The van der Waals surface area contributed by atoms with E-state index in [4.69, 9.17) is 32.7 Å². The minimum absolute atomic E-state index is 0.164. The van der Waals surface area contributed by atoms with Gasteiger partial charge in [0.15, 0.2) is 6.61 Å². The van der Waals surface area contributed by atoms with Crippen molar-refractivity contribution in [3.63, 3.8) is 0 Å². The van der Waals surface area contributed by atoms with Crippen LogP contribution in [0.1, 0.15) is 35.7 Å². The maximum absolute atomic E-state index is 12.3. The monoisotopic (exact) mass is 409 g/mol. The van der Waals surface area contributed by atoms with Crippen LogP contribution in [0.15, 0.2) is 42.5 Å². The van der Waals surface area contributed by atoms with Gasteiger partial charge in [0.05, 0.1) is 0 Å². The zero-order chi connectivity index (χ0) is 19.6. The molecule has 0 unspecified atom stereocenters. The van der Waals surface area contributed by atoms with Gasteiger partial charge in [-0.2, -0.15) is 0 Å². The summed E-state index contributed by atoms with van der Waals surface area (Å²) in [4.78, 5) is 24.0. The van der Waals surface area contributed by atoms with Crippen LogP contribution in [0.4, 0.5) is 0 Å². The Labute approximate surface area is 168 Å². The molecule has 0 fully saturated rings. The highest BCUT2D eigenvalue weighted by molar-refractivity contribution is 6.35. The highest BCUT2D eigenvalue weighted by atomic mass is 35.5. The van der Waals surface area contributed by atoms with Crippen LogP contribution < -0.4 is 10.1 Å². The SMILES string of the molecule is CCCCNC(=O)COC(=O)c1ccccc1OCc1ccc(Cl)cc1Cl. The van der Waals surface area contributed by atoms with E-state index in [1.54, 1.807) is 42.5 Å². The zero-order valence-corrected chi connectivity index (χ0v) is 16.5. The molecular formula is C20H21Cl2NO4. The first-order valence-electron chi connectivity index (χ1n) is 8.60. The normalized spacial score (nSPS) is 10.3. The lowest BCUT2D eigenvalue weighted by atomic mass is 10.2. The summed E-state index contributed by atoms with van der Waals surface area (Å²) in [6.45, 7) is 2.42. The lowest BCUT2D eigenvalue weighted by Crippen LogP contribution is -2.29. The second kappa shape index (κ2) is 10.8. The van der Waals surface area contributed by atoms with Crippen molar-refractivity contribution in [3.8, 4) is 5.75 Å². The summed E-state index contributed by atoms with van der Waals surface area (Å²) >= 11 is 12.0. The van der Waals surface area contributed by atoms with Crippen LogP contribution in [0, 0.1) is 0 Å². The van der Waals surface area contributed by atoms with Gasteiger partial charge in [0, 0.05) is 22.2 Å². The molecular weight excluding hydrogens is 389 g/mol. The third-order valence-electron chi connectivity index (χ3n) is 3.69. The van der Waals surface area contributed by atoms with Gasteiger partial charge < -0.3 is 14.8 Å². The van der Waals surface area contributed by atoms with Crippen LogP contribution in [0.25, 0.3) is 0 Å². The van der Waals surface area contributed by atoms with Crippen molar-refractivity contribution in [2.75, 3.05) is 13.2 Å². The maximum atomic E-state index is 12.3. The summed E-state index contributed by atoms with van der Waals surface area (Å²) in [6, 6.07) is 11.8. The van der Waals surface area contributed by atoms with E-state index in [1.165, 1.54) is 0 Å². The molecule has 7 heteroatoms. The second-order valence-corrected chi connectivity index (χ2v) is 6.64. The van der Waals surface area contributed by atoms with Crippen molar-refractivity contribution >= 4 is 35.1 Å². The highest BCUT2D eigenvalue weighted by Gasteiger charge is 2.15. The molecule has 1 amide bonds. The maximum Gasteiger partial charge on any atom is 0.342 e. The van der Waals surface area contributed by atoms with E-state index in [1.807, 2.05) is 6.92 Å². The molecule has 2 rings (SSSR count). The number of nitrogens with one attached hydrogen (secondary N) is 1. The Morgan fingerprint density at radius 3 is 2.63 bits per heavy atom. The lowest BCUT2D eigenvalue weighted by Gasteiger charge is -2.12. The van der Waals surface area contributed by atoms with Gasteiger partial charge in [0.25, 0.3) is 5.91 Å². The van der Waals surface area contributed by atoms with Gasteiger partial charge in [0.2, 0.25) is 0 Å². The van der Waals surface area contributed by atoms with Gasteiger partial charge >= 0.3 is 5.97 Å². The van der Waals surface area contributed by atoms with Crippen LogP contribution in [0.2, 0.25) is 10.0 Å². The Hall–Kier alpha value is -2.24. The lowest BCUT2D eigenvalue weighted by molar-refractivity contribution is -0.124. The average Bonchev–Trinajstić information content (AvgIpc) is 2.66. The molecule has 27 heavy (non-hydrogen) atoms. The zero-order valence-electron chi connectivity index (χ0n) is 15.0. The van der Waals surface area contributed by atoms with E-state index in [-0.39, 0.29) is 24.7 Å². The summed E-state index contributed by atoms with van der Waals surface area (Å²) in [5.41, 5.74) is 0.975. The molecule has 0 aliphatic rings. The van der Waals surface area contributed by atoms with E-state index >= 15 is 0 Å².